The van der Waals surface area contributed by atoms with Gasteiger partial charge in [0.1, 0.15) is 6.10 Å². The van der Waals surface area contributed by atoms with Crippen LogP contribution in [0.3, 0.4) is 0 Å². The topological polar surface area (TPSA) is 55.8 Å². The molecule has 19 heavy (non-hydrogen) atoms. The number of carbonyl (C=O) groups is 1. The van der Waals surface area contributed by atoms with Crippen LogP contribution in [0.5, 0.6) is 0 Å². The SMILES string of the molecule is CCCCCCCCCOCC(CO)OC(=O)CC. The molecule has 0 saturated carbocycles. The van der Waals surface area contributed by atoms with Gasteiger partial charge in [-0.2, -0.15) is 0 Å². The molecule has 0 heterocycles. The van der Waals surface area contributed by atoms with Crippen molar-refractivity contribution in [3.8, 4) is 0 Å². The molecular formula is C15H30O4. The molecule has 1 N–H and O–H groups in total. The number of hydrogen-bond acceptors (Lipinski definition) is 4. The van der Waals surface area contributed by atoms with Crippen LogP contribution in [0.4, 0.5) is 0 Å². The highest BCUT2D eigenvalue weighted by Gasteiger charge is 2.11. The summed E-state index contributed by atoms with van der Waals surface area (Å²) in [6.07, 6.45) is 8.54. The molecule has 0 radical (unpaired) electrons. The van der Waals surface area contributed by atoms with E-state index in [0.717, 1.165) is 6.42 Å². The van der Waals surface area contributed by atoms with Gasteiger partial charge < -0.3 is 14.6 Å². The summed E-state index contributed by atoms with van der Waals surface area (Å²) in [7, 11) is 0. The minimum atomic E-state index is -0.517. The second-order valence-corrected chi connectivity index (χ2v) is 4.84. The van der Waals surface area contributed by atoms with E-state index in [4.69, 9.17) is 14.6 Å². The molecule has 1 unspecified atom stereocenters. The lowest BCUT2D eigenvalue weighted by molar-refractivity contribution is -0.154. The third-order valence-corrected chi connectivity index (χ3v) is 2.99. The molecule has 4 nitrogen and oxygen atoms in total. The predicted molar refractivity (Wildman–Crippen MR) is 76.1 cm³/mol. The Morgan fingerprint density at radius 2 is 1.68 bits per heavy atom. The Balaban J connectivity index is 3.33. The first-order valence-electron chi connectivity index (χ1n) is 7.62. The van der Waals surface area contributed by atoms with Crippen LogP contribution in [-0.2, 0) is 14.3 Å². The van der Waals surface area contributed by atoms with E-state index < -0.39 is 6.10 Å². The highest BCUT2D eigenvalue weighted by molar-refractivity contribution is 5.69. The van der Waals surface area contributed by atoms with Gasteiger partial charge in [0.15, 0.2) is 0 Å². The summed E-state index contributed by atoms with van der Waals surface area (Å²) in [5, 5.41) is 9.04. The van der Waals surface area contributed by atoms with Crippen molar-refractivity contribution < 1.29 is 19.4 Å². The van der Waals surface area contributed by atoms with Crippen molar-refractivity contribution in [1.82, 2.24) is 0 Å². The van der Waals surface area contributed by atoms with Crippen LogP contribution in [-0.4, -0.2) is 37.0 Å². The maximum absolute atomic E-state index is 11.1. The standard InChI is InChI=1S/C15H30O4/c1-3-5-6-7-8-9-10-11-18-13-14(12-16)19-15(17)4-2/h14,16H,3-13H2,1-2H3. The van der Waals surface area contributed by atoms with Gasteiger partial charge in [-0.3, -0.25) is 4.79 Å². The lowest BCUT2D eigenvalue weighted by Crippen LogP contribution is -2.27. The highest BCUT2D eigenvalue weighted by atomic mass is 16.6. The third kappa shape index (κ3) is 12.2. The van der Waals surface area contributed by atoms with Gasteiger partial charge in [-0.05, 0) is 6.42 Å². The Labute approximate surface area is 117 Å². The van der Waals surface area contributed by atoms with Crippen LogP contribution in [0.15, 0.2) is 0 Å². The lowest BCUT2D eigenvalue weighted by atomic mass is 10.1. The molecule has 1 atom stereocenters. The summed E-state index contributed by atoms with van der Waals surface area (Å²) in [5.41, 5.74) is 0. The first-order valence-corrected chi connectivity index (χ1v) is 7.62. The Hall–Kier alpha value is -0.610. The van der Waals surface area contributed by atoms with E-state index in [-0.39, 0.29) is 19.2 Å². The normalized spacial score (nSPS) is 12.4. The number of esters is 1. The molecule has 4 heteroatoms. The van der Waals surface area contributed by atoms with Crippen molar-refractivity contribution in [2.24, 2.45) is 0 Å². The van der Waals surface area contributed by atoms with E-state index >= 15 is 0 Å². The van der Waals surface area contributed by atoms with E-state index in [2.05, 4.69) is 6.92 Å². The Bertz CT molecular complexity index is 206. The van der Waals surface area contributed by atoms with Crippen molar-refractivity contribution >= 4 is 5.97 Å². The third-order valence-electron chi connectivity index (χ3n) is 2.99. The molecule has 0 aromatic heterocycles. The lowest BCUT2D eigenvalue weighted by Gasteiger charge is -2.15. The quantitative estimate of drug-likeness (QED) is 0.414. The van der Waals surface area contributed by atoms with Crippen LogP contribution in [0.1, 0.15) is 65.2 Å². The van der Waals surface area contributed by atoms with Crippen molar-refractivity contribution in [2.45, 2.75) is 71.3 Å². The first-order chi connectivity index (χ1) is 9.24. The monoisotopic (exact) mass is 274 g/mol. The largest absolute Gasteiger partial charge is 0.457 e. The van der Waals surface area contributed by atoms with E-state index in [1.807, 2.05) is 0 Å². The Morgan fingerprint density at radius 3 is 2.26 bits per heavy atom. The average molecular weight is 274 g/mol. The molecule has 0 bridgehead atoms. The fourth-order valence-corrected chi connectivity index (χ4v) is 1.77. The minimum absolute atomic E-state index is 0.178. The summed E-state index contributed by atoms with van der Waals surface area (Å²) in [6.45, 7) is 4.74. The van der Waals surface area contributed by atoms with Crippen molar-refractivity contribution in [3.05, 3.63) is 0 Å². The van der Waals surface area contributed by atoms with Crippen LogP contribution in [0.25, 0.3) is 0 Å². The predicted octanol–water partition coefficient (Wildman–Crippen LogP) is 3.07. The number of aliphatic hydroxyl groups excluding tert-OH is 1. The summed E-state index contributed by atoms with van der Waals surface area (Å²) in [4.78, 5) is 11.1. The maximum Gasteiger partial charge on any atom is 0.305 e. The number of hydrogen-bond donors (Lipinski definition) is 1. The van der Waals surface area contributed by atoms with Crippen molar-refractivity contribution in [1.29, 1.82) is 0 Å². The van der Waals surface area contributed by atoms with Gasteiger partial charge >= 0.3 is 5.97 Å². The first kappa shape index (κ1) is 18.4. The Kier molecular flexibility index (Phi) is 13.4. The number of ether oxygens (including phenoxy) is 2. The summed E-state index contributed by atoms with van der Waals surface area (Å²) >= 11 is 0. The molecule has 0 saturated heterocycles. The van der Waals surface area contributed by atoms with Gasteiger partial charge in [-0.1, -0.05) is 52.4 Å². The number of aliphatic hydroxyl groups is 1. The van der Waals surface area contributed by atoms with Crippen LogP contribution in [0, 0.1) is 0 Å². The second kappa shape index (κ2) is 13.8. The van der Waals surface area contributed by atoms with Crippen LogP contribution < -0.4 is 0 Å². The molecule has 0 spiro atoms. The van der Waals surface area contributed by atoms with E-state index in [0.29, 0.717) is 13.0 Å². The molecule has 0 aliphatic carbocycles. The van der Waals surface area contributed by atoms with E-state index in [1.54, 1.807) is 6.92 Å². The highest BCUT2D eigenvalue weighted by Crippen LogP contribution is 2.07. The zero-order valence-corrected chi connectivity index (χ0v) is 12.5. The smallest absolute Gasteiger partial charge is 0.305 e. The zero-order chi connectivity index (χ0) is 14.3. The van der Waals surface area contributed by atoms with Crippen molar-refractivity contribution in [2.75, 3.05) is 19.8 Å². The zero-order valence-electron chi connectivity index (χ0n) is 12.5. The van der Waals surface area contributed by atoms with Gasteiger partial charge in [-0.25, -0.2) is 0 Å². The molecule has 0 aromatic carbocycles. The number of rotatable bonds is 13. The number of unbranched alkanes of at least 4 members (excludes halogenated alkanes) is 6. The Morgan fingerprint density at radius 1 is 1.05 bits per heavy atom. The van der Waals surface area contributed by atoms with E-state index in [9.17, 15) is 4.79 Å². The molecule has 0 rings (SSSR count). The van der Waals surface area contributed by atoms with Gasteiger partial charge in [-0.15, -0.1) is 0 Å². The van der Waals surface area contributed by atoms with E-state index in [1.165, 1.54) is 38.5 Å². The molecule has 0 aliphatic heterocycles. The molecule has 0 aromatic rings. The van der Waals surface area contributed by atoms with Gasteiger partial charge in [0.05, 0.1) is 13.2 Å². The van der Waals surface area contributed by atoms with Gasteiger partial charge in [0, 0.05) is 13.0 Å². The van der Waals surface area contributed by atoms with Crippen LogP contribution in [0.2, 0.25) is 0 Å². The second-order valence-electron chi connectivity index (χ2n) is 4.84. The van der Waals surface area contributed by atoms with Crippen molar-refractivity contribution in [3.63, 3.8) is 0 Å². The molecular weight excluding hydrogens is 244 g/mol. The fraction of sp³-hybridized carbons (Fsp3) is 0.933. The van der Waals surface area contributed by atoms with Gasteiger partial charge in [0.25, 0.3) is 0 Å². The summed E-state index contributed by atoms with van der Waals surface area (Å²) in [6, 6.07) is 0. The summed E-state index contributed by atoms with van der Waals surface area (Å²) < 4.78 is 10.4. The van der Waals surface area contributed by atoms with Gasteiger partial charge in [0.2, 0.25) is 0 Å². The number of carbonyl (C=O) groups excluding carboxylic acids is 1. The summed E-state index contributed by atoms with van der Waals surface area (Å²) in [5.74, 6) is -0.293. The average Bonchev–Trinajstić information content (AvgIpc) is 2.43. The molecule has 0 fully saturated rings. The molecule has 0 amide bonds. The molecule has 0 aliphatic rings. The fourth-order valence-electron chi connectivity index (χ4n) is 1.77. The van der Waals surface area contributed by atoms with Crippen LogP contribution >= 0.6 is 0 Å². The minimum Gasteiger partial charge on any atom is -0.457 e. The maximum atomic E-state index is 11.1. The molecule has 114 valence electrons.